The lowest BCUT2D eigenvalue weighted by atomic mass is 10.1. The van der Waals surface area contributed by atoms with Gasteiger partial charge in [-0.3, -0.25) is 4.79 Å². The number of fused-ring (bicyclic) bond motifs is 1. The predicted molar refractivity (Wildman–Crippen MR) is 96.9 cm³/mol. The van der Waals surface area contributed by atoms with E-state index in [4.69, 9.17) is 10.00 Å². The Morgan fingerprint density at radius 2 is 2.04 bits per heavy atom. The van der Waals surface area contributed by atoms with Crippen molar-refractivity contribution in [3.63, 3.8) is 0 Å². The number of rotatable bonds is 6. The molecule has 0 saturated heterocycles. The summed E-state index contributed by atoms with van der Waals surface area (Å²) in [6.45, 7) is 0.370. The van der Waals surface area contributed by atoms with Gasteiger partial charge in [-0.2, -0.15) is 5.26 Å². The quantitative estimate of drug-likeness (QED) is 0.704. The van der Waals surface area contributed by atoms with Gasteiger partial charge in [-0.15, -0.1) is 0 Å². The molecule has 0 unspecified atom stereocenters. The first-order chi connectivity index (χ1) is 12.7. The van der Waals surface area contributed by atoms with Crippen molar-refractivity contribution in [3.8, 4) is 6.07 Å². The van der Waals surface area contributed by atoms with Crippen LogP contribution in [-0.4, -0.2) is 34.6 Å². The number of nitriles is 1. The van der Waals surface area contributed by atoms with Crippen molar-refractivity contribution < 1.29 is 9.53 Å². The second kappa shape index (κ2) is 8.00. The Balaban J connectivity index is 1.80. The number of carbonyl (C=O) groups excluding carboxylic acids is 1. The SMILES string of the molecule is COCCC(=O)Nc1cccc2cc(Nc3cnc(C#N)cn3)ncc12. The molecule has 0 bridgehead atoms. The van der Waals surface area contributed by atoms with Crippen molar-refractivity contribution in [1.29, 1.82) is 5.26 Å². The van der Waals surface area contributed by atoms with Crippen molar-refractivity contribution in [2.75, 3.05) is 24.4 Å². The minimum Gasteiger partial charge on any atom is -0.384 e. The number of aromatic nitrogens is 3. The Morgan fingerprint density at radius 3 is 2.77 bits per heavy atom. The molecule has 0 saturated carbocycles. The van der Waals surface area contributed by atoms with E-state index in [0.717, 1.165) is 10.8 Å². The fourth-order valence-electron chi connectivity index (χ4n) is 2.34. The van der Waals surface area contributed by atoms with Crippen LogP contribution in [0.2, 0.25) is 0 Å². The second-order valence-electron chi connectivity index (χ2n) is 5.41. The van der Waals surface area contributed by atoms with Gasteiger partial charge < -0.3 is 15.4 Å². The first-order valence-corrected chi connectivity index (χ1v) is 7.86. The fraction of sp³-hybridized carbons (Fsp3) is 0.167. The highest BCUT2D eigenvalue weighted by molar-refractivity contribution is 6.02. The molecule has 8 heteroatoms. The van der Waals surface area contributed by atoms with Gasteiger partial charge in [-0.05, 0) is 17.5 Å². The van der Waals surface area contributed by atoms with E-state index in [0.29, 0.717) is 23.9 Å². The van der Waals surface area contributed by atoms with Gasteiger partial charge >= 0.3 is 0 Å². The second-order valence-corrected chi connectivity index (χ2v) is 5.41. The Labute approximate surface area is 149 Å². The largest absolute Gasteiger partial charge is 0.384 e. The fourth-order valence-corrected chi connectivity index (χ4v) is 2.34. The summed E-state index contributed by atoms with van der Waals surface area (Å²) in [6.07, 6.45) is 4.83. The molecular formula is C18H16N6O2. The monoisotopic (exact) mass is 348 g/mol. The molecule has 1 amide bonds. The lowest BCUT2D eigenvalue weighted by Gasteiger charge is -2.10. The third-order valence-corrected chi connectivity index (χ3v) is 3.59. The first-order valence-electron chi connectivity index (χ1n) is 7.86. The number of benzene rings is 1. The number of pyridine rings is 1. The van der Waals surface area contributed by atoms with E-state index in [1.54, 1.807) is 13.3 Å². The molecule has 1 aromatic carbocycles. The van der Waals surface area contributed by atoms with Crippen molar-refractivity contribution in [2.45, 2.75) is 6.42 Å². The predicted octanol–water partition coefficient (Wildman–Crippen LogP) is 2.62. The van der Waals surface area contributed by atoms with E-state index >= 15 is 0 Å². The third kappa shape index (κ3) is 4.09. The molecule has 2 N–H and O–H groups in total. The molecule has 8 nitrogen and oxygen atoms in total. The molecule has 3 aromatic rings. The maximum absolute atomic E-state index is 11.9. The van der Waals surface area contributed by atoms with E-state index in [2.05, 4.69) is 25.6 Å². The van der Waals surface area contributed by atoms with Gasteiger partial charge in [0.15, 0.2) is 5.69 Å². The smallest absolute Gasteiger partial charge is 0.226 e. The van der Waals surface area contributed by atoms with Crippen LogP contribution >= 0.6 is 0 Å². The highest BCUT2D eigenvalue weighted by Crippen LogP contribution is 2.25. The van der Waals surface area contributed by atoms with Gasteiger partial charge in [0.05, 0.1) is 31.1 Å². The summed E-state index contributed by atoms with van der Waals surface area (Å²) < 4.78 is 4.91. The Hall–Kier alpha value is -3.57. The van der Waals surface area contributed by atoms with Crippen molar-refractivity contribution in [2.24, 2.45) is 0 Å². The molecule has 0 aliphatic heterocycles. The molecule has 0 radical (unpaired) electrons. The maximum Gasteiger partial charge on any atom is 0.226 e. The number of carbonyl (C=O) groups is 1. The van der Waals surface area contributed by atoms with Crippen molar-refractivity contribution in [3.05, 3.63) is 48.5 Å². The van der Waals surface area contributed by atoms with Crippen LogP contribution in [0.15, 0.2) is 42.9 Å². The third-order valence-electron chi connectivity index (χ3n) is 3.59. The van der Waals surface area contributed by atoms with Gasteiger partial charge in [0.1, 0.15) is 17.7 Å². The number of nitrogens with one attached hydrogen (secondary N) is 2. The number of hydrogen-bond donors (Lipinski definition) is 2. The number of nitrogens with zero attached hydrogens (tertiary/aromatic N) is 4. The number of methoxy groups -OCH3 is 1. The minimum absolute atomic E-state index is 0.116. The summed E-state index contributed by atoms with van der Waals surface area (Å²) in [5.74, 6) is 0.952. The van der Waals surface area contributed by atoms with E-state index in [9.17, 15) is 4.79 Å². The number of hydrogen-bond acceptors (Lipinski definition) is 7. The lowest BCUT2D eigenvalue weighted by molar-refractivity contribution is -0.117. The van der Waals surface area contributed by atoms with Crippen LogP contribution < -0.4 is 10.6 Å². The zero-order valence-electron chi connectivity index (χ0n) is 14.1. The van der Waals surface area contributed by atoms with Gasteiger partial charge in [0.2, 0.25) is 5.91 Å². The van der Waals surface area contributed by atoms with Crippen LogP contribution in [0.5, 0.6) is 0 Å². The molecule has 2 heterocycles. The van der Waals surface area contributed by atoms with E-state index < -0.39 is 0 Å². The summed E-state index contributed by atoms with van der Waals surface area (Å²) in [5.41, 5.74) is 0.941. The average molecular weight is 348 g/mol. The lowest BCUT2D eigenvalue weighted by Crippen LogP contribution is -2.13. The van der Waals surface area contributed by atoms with Gasteiger partial charge in [0.25, 0.3) is 0 Å². The van der Waals surface area contributed by atoms with Gasteiger partial charge in [-0.25, -0.2) is 15.0 Å². The zero-order valence-corrected chi connectivity index (χ0v) is 14.1. The maximum atomic E-state index is 11.9. The van der Waals surface area contributed by atoms with E-state index in [1.165, 1.54) is 12.4 Å². The summed E-state index contributed by atoms with van der Waals surface area (Å²) >= 11 is 0. The molecule has 0 aliphatic rings. The topological polar surface area (TPSA) is 113 Å². The number of anilines is 3. The Bertz CT molecular complexity index is 966. The molecule has 0 spiro atoms. The molecule has 130 valence electrons. The highest BCUT2D eigenvalue weighted by atomic mass is 16.5. The van der Waals surface area contributed by atoms with E-state index in [-0.39, 0.29) is 18.0 Å². The molecule has 3 rings (SSSR count). The number of ether oxygens (including phenoxy) is 1. The normalized spacial score (nSPS) is 10.3. The summed E-state index contributed by atoms with van der Waals surface area (Å²) in [7, 11) is 1.56. The molecule has 0 aliphatic carbocycles. The molecule has 0 fully saturated rings. The molecule has 2 aromatic heterocycles. The van der Waals surface area contributed by atoms with Gasteiger partial charge in [-0.1, -0.05) is 12.1 Å². The number of amides is 1. The average Bonchev–Trinajstić information content (AvgIpc) is 2.67. The zero-order chi connectivity index (χ0) is 18.4. The van der Waals surface area contributed by atoms with Crippen LogP contribution in [-0.2, 0) is 9.53 Å². The van der Waals surface area contributed by atoms with Crippen LogP contribution in [0, 0.1) is 11.3 Å². The summed E-state index contributed by atoms with van der Waals surface area (Å²) in [4.78, 5) is 24.3. The van der Waals surface area contributed by atoms with Gasteiger partial charge in [0, 0.05) is 18.7 Å². The molecule has 0 atom stereocenters. The minimum atomic E-state index is -0.116. The van der Waals surface area contributed by atoms with Crippen LogP contribution in [0.1, 0.15) is 12.1 Å². The standard InChI is InChI=1S/C18H16N6O2/c1-26-6-5-18(25)23-15-4-2-3-12-7-16(22-10-14(12)15)24-17-11-20-13(8-19)9-21-17/h2-4,7,9-11H,5-6H2,1H3,(H,23,25)(H,21,22,24). The highest BCUT2D eigenvalue weighted by Gasteiger charge is 2.07. The van der Waals surface area contributed by atoms with Crippen molar-refractivity contribution in [1.82, 2.24) is 15.0 Å². The van der Waals surface area contributed by atoms with Crippen molar-refractivity contribution >= 4 is 34.0 Å². The summed E-state index contributed by atoms with van der Waals surface area (Å²) in [6, 6.07) is 9.38. The van der Waals surface area contributed by atoms with E-state index in [1.807, 2.05) is 30.3 Å². The van der Waals surface area contributed by atoms with Crippen LogP contribution in [0.4, 0.5) is 17.3 Å². The Kier molecular flexibility index (Phi) is 5.31. The Morgan fingerprint density at radius 1 is 1.19 bits per heavy atom. The molecular weight excluding hydrogens is 332 g/mol. The van der Waals surface area contributed by atoms with Crippen LogP contribution in [0.25, 0.3) is 10.8 Å². The first kappa shape index (κ1) is 17.3. The molecule has 26 heavy (non-hydrogen) atoms. The van der Waals surface area contributed by atoms with Crippen LogP contribution in [0.3, 0.4) is 0 Å². The summed E-state index contributed by atoms with van der Waals surface area (Å²) in [5, 5.41) is 16.4.